The van der Waals surface area contributed by atoms with Crippen LogP contribution in [0.4, 0.5) is 5.95 Å². The first-order valence-corrected chi connectivity index (χ1v) is 9.13. The molecule has 26 heavy (non-hydrogen) atoms. The van der Waals surface area contributed by atoms with E-state index in [0.29, 0.717) is 24.2 Å². The van der Waals surface area contributed by atoms with Crippen molar-refractivity contribution in [3.8, 4) is 0 Å². The Morgan fingerprint density at radius 3 is 2.77 bits per heavy atom. The third-order valence-corrected chi connectivity index (χ3v) is 4.46. The number of fused-ring (bicyclic) bond motifs is 1. The lowest BCUT2D eigenvalue weighted by Crippen LogP contribution is -2.18. The molecule has 0 bridgehead atoms. The quantitative estimate of drug-likeness (QED) is 0.601. The molecule has 3 aromatic rings. The monoisotopic (exact) mass is 371 g/mol. The van der Waals surface area contributed by atoms with Crippen LogP contribution < -0.4 is 5.32 Å². The molecule has 0 saturated carbocycles. The number of ether oxygens (including phenoxy) is 1. The summed E-state index contributed by atoms with van der Waals surface area (Å²) in [5.74, 6) is 0.416. The third kappa shape index (κ3) is 4.42. The van der Waals surface area contributed by atoms with Crippen molar-refractivity contribution in [2.75, 3.05) is 18.5 Å². The number of rotatable bonds is 8. The third-order valence-electron chi connectivity index (χ3n) is 4.09. The second-order valence-electron chi connectivity index (χ2n) is 5.94. The van der Waals surface area contributed by atoms with Gasteiger partial charge in [0, 0.05) is 24.8 Å². The van der Waals surface area contributed by atoms with Crippen molar-refractivity contribution in [3.63, 3.8) is 0 Å². The van der Waals surface area contributed by atoms with Crippen LogP contribution in [0.5, 0.6) is 0 Å². The molecule has 0 saturated heterocycles. The summed E-state index contributed by atoms with van der Waals surface area (Å²) in [7, 11) is 0. The van der Waals surface area contributed by atoms with Gasteiger partial charge in [-0.25, -0.2) is 4.98 Å². The van der Waals surface area contributed by atoms with Gasteiger partial charge < -0.3 is 9.30 Å². The number of halogens is 1. The van der Waals surface area contributed by atoms with Crippen molar-refractivity contribution in [2.24, 2.45) is 0 Å². The van der Waals surface area contributed by atoms with Gasteiger partial charge in [0.05, 0.1) is 17.5 Å². The summed E-state index contributed by atoms with van der Waals surface area (Å²) in [4.78, 5) is 17.1. The van der Waals surface area contributed by atoms with Crippen LogP contribution in [0.1, 0.15) is 18.9 Å². The van der Waals surface area contributed by atoms with E-state index in [1.807, 2.05) is 54.0 Å². The Hall–Kier alpha value is -2.37. The van der Waals surface area contributed by atoms with Gasteiger partial charge in [-0.2, -0.15) is 0 Å². The van der Waals surface area contributed by atoms with Gasteiger partial charge in [0.1, 0.15) is 0 Å². The summed E-state index contributed by atoms with van der Waals surface area (Å²) >= 11 is 6.15. The normalized spacial score (nSPS) is 11.0. The van der Waals surface area contributed by atoms with E-state index in [9.17, 15) is 4.79 Å². The summed E-state index contributed by atoms with van der Waals surface area (Å²) < 4.78 is 7.45. The number of amides is 1. The number of aryl methyl sites for hydroxylation is 1. The molecule has 0 aliphatic heterocycles. The van der Waals surface area contributed by atoms with Crippen molar-refractivity contribution < 1.29 is 9.53 Å². The van der Waals surface area contributed by atoms with E-state index in [1.54, 1.807) is 6.07 Å². The summed E-state index contributed by atoms with van der Waals surface area (Å²) in [5.41, 5.74) is 2.65. The maximum atomic E-state index is 12.5. The molecule has 1 amide bonds. The van der Waals surface area contributed by atoms with Gasteiger partial charge in [-0.3, -0.25) is 10.1 Å². The van der Waals surface area contributed by atoms with E-state index in [1.165, 1.54) is 0 Å². The number of anilines is 1. The number of para-hydroxylation sites is 2. The van der Waals surface area contributed by atoms with Crippen LogP contribution in [0.15, 0.2) is 48.5 Å². The fourth-order valence-corrected chi connectivity index (χ4v) is 3.05. The molecule has 1 N–H and O–H groups in total. The number of carbonyl (C=O) groups excluding carboxylic acids is 1. The van der Waals surface area contributed by atoms with Crippen molar-refractivity contribution in [2.45, 2.75) is 26.3 Å². The van der Waals surface area contributed by atoms with E-state index in [0.717, 1.165) is 29.6 Å². The second-order valence-corrected chi connectivity index (χ2v) is 6.35. The molecular formula is C20H22ClN3O2. The fraction of sp³-hybridized carbons (Fsp3) is 0.300. The van der Waals surface area contributed by atoms with Gasteiger partial charge in [-0.15, -0.1) is 0 Å². The van der Waals surface area contributed by atoms with Crippen LogP contribution in [0, 0.1) is 0 Å². The maximum Gasteiger partial charge on any atom is 0.231 e. The molecule has 0 fully saturated rings. The SMILES string of the molecule is CCOCCCn1c(NC(=O)Cc2ccccc2Cl)nc2ccccc21. The van der Waals surface area contributed by atoms with Crippen LogP contribution in [-0.4, -0.2) is 28.7 Å². The minimum absolute atomic E-state index is 0.139. The highest BCUT2D eigenvalue weighted by Gasteiger charge is 2.14. The number of benzene rings is 2. The maximum absolute atomic E-state index is 12.5. The first-order valence-electron chi connectivity index (χ1n) is 8.75. The van der Waals surface area contributed by atoms with Crippen LogP contribution in [0.3, 0.4) is 0 Å². The molecule has 3 rings (SSSR count). The first kappa shape index (κ1) is 18.4. The lowest BCUT2D eigenvalue weighted by molar-refractivity contribution is -0.115. The summed E-state index contributed by atoms with van der Waals surface area (Å²) in [6, 6.07) is 15.2. The zero-order valence-electron chi connectivity index (χ0n) is 14.7. The summed E-state index contributed by atoms with van der Waals surface area (Å²) in [6.45, 7) is 4.08. The highest BCUT2D eigenvalue weighted by molar-refractivity contribution is 6.31. The van der Waals surface area contributed by atoms with Crippen molar-refractivity contribution in [1.29, 1.82) is 0 Å². The molecule has 1 heterocycles. The second kappa shape index (κ2) is 8.83. The lowest BCUT2D eigenvalue weighted by Gasteiger charge is -2.10. The lowest BCUT2D eigenvalue weighted by atomic mass is 10.1. The Morgan fingerprint density at radius 1 is 1.19 bits per heavy atom. The largest absolute Gasteiger partial charge is 0.382 e. The molecule has 0 aliphatic rings. The Labute approximate surface area is 157 Å². The average molecular weight is 372 g/mol. The van der Waals surface area contributed by atoms with Crippen LogP contribution >= 0.6 is 11.6 Å². The minimum atomic E-state index is -0.139. The summed E-state index contributed by atoms with van der Waals surface area (Å²) in [5, 5.41) is 3.52. The van der Waals surface area contributed by atoms with Gasteiger partial charge in [0.15, 0.2) is 0 Å². The number of hydrogen-bond acceptors (Lipinski definition) is 3. The highest BCUT2D eigenvalue weighted by atomic mass is 35.5. The van der Waals surface area contributed by atoms with E-state index in [-0.39, 0.29) is 12.3 Å². The van der Waals surface area contributed by atoms with E-state index >= 15 is 0 Å². The molecular weight excluding hydrogens is 350 g/mol. The topological polar surface area (TPSA) is 56.1 Å². The van der Waals surface area contributed by atoms with Crippen LogP contribution in [0.25, 0.3) is 11.0 Å². The number of hydrogen-bond donors (Lipinski definition) is 1. The van der Waals surface area contributed by atoms with Gasteiger partial charge in [-0.1, -0.05) is 41.9 Å². The zero-order valence-corrected chi connectivity index (χ0v) is 15.5. The van der Waals surface area contributed by atoms with Crippen LogP contribution in [0.2, 0.25) is 5.02 Å². The number of carbonyl (C=O) groups is 1. The molecule has 6 heteroatoms. The summed E-state index contributed by atoms with van der Waals surface area (Å²) in [6.07, 6.45) is 1.06. The van der Waals surface area contributed by atoms with E-state index in [4.69, 9.17) is 16.3 Å². The number of aromatic nitrogens is 2. The Bertz CT molecular complexity index is 892. The molecule has 136 valence electrons. The van der Waals surface area contributed by atoms with Crippen molar-refractivity contribution in [1.82, 2.24) is 9.55 Å². The molecule has 2 aromatic carbocycles. The van der Waals surface area contributed by atoms with Crippen LogP contribution in [-0.2, 0) is 22.5 Å². The standard InChI is InChI=1S/C20H22ClN3O2/c1-2-26-13-7-12-24-18-11-6-5-10-17(18)22-20(24)23-19(25)14-15-8-3-4-9-16(15)21/h3-6,8-11H,2,7,12-14H2,1H3,(H,22,23,25). The molecule has 0 unspecified atom stereocenters. The van der Waals surface area contributed by atoms with E-state index < -0.39 is 0 Å². The van der Waals surface area contributed by atoms with Crippen molar-refractivity contribution >= 4 is 34.5 Å². The van der Waals surface area contributed by atoms with E-state index in [2.05, 4.69) is 10.3 Å². The van der Waals surface area contributed by atoms with Gasteiger partial charge in [-0.05, 0) is 37.1 Å². The highest BCUT2D eigenvalue weighted by Crippen LogP contribution is 2.21. The number of imidazole rings is 1. The Morgan fingerprint density at radius 2 is 1.96 bits per heavy atom. The number of nitrogens with one attached hydrogen (secondary N) is 1. The number of nitrogens with zero attached hydrogens (tertiary/aromatic N) is 2. The average Bonchev–Trinajstić information content (AvgIpc) is 2.98. The van der Waals surface area contributed by atoms with Gasteiger partial charge in [0.25, 0.3) is 0 Å². The fourth-order valence-electron chi connectivity index (χ4n) is 2.85. The predicted molar refractivity (Wildman–Crippen MR) is 105 cm³/mol. The smallest absolute Gasteiger partial charge is 0.231 e. The zero-order chi connectivity index (χ0) is 18.4. The first-order chi connectivity index (χ1) is 12.7. The van der Waals surface area contributed by atoms with Gasteiger partial charge >= 0.3 is 0 Å². The molecule has 0 radical (unpaired) electrons. The predicted octanol–water partition coefficient (Wildman–Crippen LogP) is 4.30. The van der Waals surface area contributed by atoms with Crippen molar-refractivity contribution in [3.05, 3.63) is 59.1 Å². The molecule has 0 atom stereocenters. The molecule has 0 aliphatic carbocycles. The minimum Gasteiger partial charge on any atom is -0.382 e. The Balaban J connectivity index is 1.77. The van der Waals surface area contributed by atoms with Gasteiger partial charge in [0.2, 0.25) is 11.9 Å². The molecule has 1 aromatic heterocycles. The Kier molecular flexibility index (Phi) is 6.26. The molecule has 5 nitrogen and oxygen atoms in total. The molecule has 0 spiro atoms.